The lowest BCUT2D eigenvalue weighted by molar-refractivity contribution is -0.384. The topological polar surface area (TPSA) is 122 Å². The molecule has 2 aromatic heterocycles. The maximum Gasteiger partial charge on any atom is 0.281 e. The molecule has 2 heterocycles. The van der Waals surface area contributed by atoms with Gasteiger partial charge in [-0.15, -0.1) is 11.3 Å². The second-order valence-corrected chi connectivity index (χ2v) is 7.19. The lowest BCUT2D eigenvalue weighted by atomic mass is 10.1. The Labute approximate surface area is 169 Å². The van der Waals surface area contributed by atoms with Crippen LogP contribution in [-0.2, 0) is 6.42 Å². The summed E-state index contributed by atoms with van der Waals surface area (Å²) in [7, 11) is 0. The average Bonchev–Trinajstić information content (AvgIpc) is 3.35. The molecular formula is C19H19N5O4S. The number of benzene rings is 1. The quantitative estimate of drug-likeness (QED) is 0.351. The van der Waals surface area contributed by atoms with E-state index in [2.05, 4.69) is 15.6 Å². The van der Waals surface area contributed by atoms with Gasteiger partial charge in [0.15, 0.2) is 0 Å². The van der Waals surface area contributed by atoms with E-state index in [1.807, 2.05) is 6.92 Å². The van der Waals surface area contributed by atoms with Crippen LogP contribution in [0, 0.1) is 10.1 Å². The lowest BCUT2D eigenvalue weighted by Crippen LogP contribution is -2.23. The Morgan fingerprint density at radius 2 is 2.03 bits per heavy atom. The number of non-ortho nitro benzene ring substituents is 1. The highest BCUT2D eigenvalue weighted by Crippen LogP contribution is 2.16. The molecule has 0 saturated carbocycles. The molecule has 1 aromatic carbocycles. The second kappa shape index (κ2) is 8.65. The van der Waals surface area contributed by atoms with Gasteiger partial charge in [0.1, 0.15) is 0 Å². The molecule has 0 aliphatic heterocycles. The highest BCUT2D eigenvalue weighted by Gasteiger charge is 2.18. The summed E-state index contributed by atoms with van der Waals surface area (Å²) in [5.41, 5.74) is 3.98. The smallest absolute Gasteiger partial charge is 0.281 e. The van der Waals surface area contributed by atoms with Crippen molar-refractivity contribution in [2.75, 3.05) is 0 Å². The third-order valence-electron chi connectivity index (χ3n) is 4.22. The third-order valence-corrected chi connectivity index (χ3v) is 5.08. The summed E-state index contributed by atoms with van der Waals surface area (Å²) < 4.78 is 1.32. The van der Waals surface area contributed by atoms with Crippen LogP contribution in [0.15, 0.2) is 51.7 Å². The SMILES string of the molecule is CCCc1[nH]n(-c2ccc([N+](=O)[O-])cc2)c(=O)c1/C(C)=N/NC(=O)c1cccs1. The normalized spacial score (nSPS) is 11.4. The fourth-order valence-corrected chi connectivity index (χ4v) is 3.46. The van der Waals surface area contributed by atoms with E-state index >= 15 is 0 Å². The number of thiophene rings is 1. The summed E-state index contributed by atoms with van der Waals surface area (Å²) in [6.45, 7) is 3.63. The molecule has 0 radical (unpaired) electrons. The zero-order chi connectivity index (χ0) is 21.0. The van der Waals surface area contributed by atoms with E-state index in [0.29, 0.717) is 34.0 Å². The fraction of sp³-hybridized carbons (Fsp3) is 0.211. The minimum atomic E-state index is -0.498. The van der Waals surface area contributed by atoms with Gasteiger partial charge in [0.2, 0.25) is 0 Å². The maximum absolute atomic E-state index is 13.0. The number of H-pyrrole nitrogens is 1. The van der Waals surface area contributed by atoms with Crippen molar-refractivity contribution >= 4 is 28.6 Å². The molecule has 0 fully saturated rings. The number of hydrogen-bond acceptors (Lipinski definition) is 6. The number of nitro benzene ring substituents is 1. The number of aromatic amines is 1. The first-order chi connectivity index (χ1) is 13.9. The monoisotopic (exact) mass is 413 g/mol. The number of hydrazone groups is 1. The van der Waals surface area contributed by atoms with E-state index in [4.69, 9.17) is 0 Å². The van der Waals surface area contributed by atoms with Crippen LogP contribution in [0.4, 0.5) is 5.69 Å². The maximum atomic E-state index is 13.0. The molecule has 0 bridgehead atoms. The van der Waals surface area contributed by atoms with E-state index in [1.54, 1.807) is 24.4 Å². The van der Waals surface area contributed by atoms with Crippen LogP contribution in [0.1, 0.15) is 41.2 Å². The summed E-state index contributed by atoms with van der Waals surface area (Å²) in [5.74, 6) is -0.345. The van der Waals surface area contributed by atoms with Crippen molar-refractivity contribution in [3.63, 3.8) is 0 Å². The summed E-state index contributed by atoms with van der Waals surface area (Å²) in [6.07, 6.45) is 1.40. The van der Waals surface area contributed by atoms with Crippen molar-refractivity contribution in [2.45, 2.75) is 26.7 Å². The zero-order valence-corrected chi connectivity index (χ0v) is 16.7. The average molecular weight is 413 g/mol. The van der Waals surface area contributed by atoms with Crippen molar-refractivity contribution in [1.29, 1.82) is 0 Å². The van der Waals surface area contributed by atoms with E-state index in [1.165, 1.54) is 40.3 Å². The van der Waals surface area contributed by atoms with Crippen LogP contribution in [0.25, 0.3) is 5.69 Å². The standard InChI is InChI=1S/C19H19N5O4S/c1-3-5-15-17(12(2)20-21-18(25)16-6-4-11-29-16)19(26)23(22-15)13-7-9-14(10-8-13)24(27)28/h4,6-11,22H,3,5H2,1-2H3,(H,21,25)/b20-12+. The summed E-state index contributed by atoms with van der Waals surface area (Å²) in [4.78, 5) is 36.0. The van der Waals surface area contributed by atoms with E-state index in [-0.39, 0.29) is 17.2 Å². The minimum Gasteiger partial charge on any atom is -0.294 e. The van der Waals surface area contributed by atoms with Gasteiger partial charge in [-0.1, -0.05) is 19.4 Å². The number of carbonyl (C=O) groups is 1. The lowest BCUT2D eigenvalue weighted by Gasteiger charge is -2.01. The number of nitro groups is 1. The molecule has 29 heavy (non-hydrogen) atoms. The van der Waals surface area contributed by atoms with Crippen LogP contribution in [0.2, 0.25) is 0 Å². The number of hydrogen-bond donors (Lipinski definition) is 2. The van der Waals surface area contributed by atoms with E-state index in [9.17, 15) is 19.7 Å². The van der Waals surface area contributed by atoms with Gasteiger partial charge in [-0.2, -0.15) is 5.10 Å². The van der Waals surface area contributed by atoms with Gasteiger partial charge in [0.05, 0.1) is 26.8 Å². The summed E-state index contributed by atoms with van der Waals surface area (Å²) in [6, 6.07) is 9.13. The van der Waals surface area contributed by atoms with Gasteiger partial charge in [0, 0.05) is 17.8 Å². The number of aryl methyl sites for hydroxylation is 1. The van der Waals surface area contributed by atoms with Crippen LogP contribution in [0.5, 0.6) is 0 Å². The molecule has 0 aliphatic rings. The van der Waals surface area contributed by atoms with Gasteiger partial charge in [-0.3, -0.25) is 24.8 Å². The molecule has 0 saturated heterocycles. The molecular weight excluding hydrogens is 394 g/mol. The number of carbonyl (C=O) groups excluding carboxylic acids is 1. The van der Waals surface area contributed by atoms with Gasteiger partial charge < -0.3 is 0 Å². The number of nitrogens with one attached hydrogen (secondary N) is 2. The first-order valence-electron chi connectivity index (χ1n) is 8.89. The Hall–Kier alpha value is -3.53. The van der Waals surface area contributed by atoms with Crippen molar-refractivity contribution in [3.8, 4) is 5.69 Å². The van der Waals surface area contributed by atoms with Crippen molar-refractivity contribution in [1.82, 2.24) is 15.2 Å². The Morgan fingerprint density at radius 3 is 2.62 bits per heavy atom. The largest absolute Gasteiger partial charge is 0.294 e. The first kappa shape index (κ1) is 20.2. The predicted molar refractivity (Wildman–Crippen MR) is 111 cm³/mol. The van der Waals surface area contributed by atoms with E-state index in [0.717, 1.165) is 6.42 Å². The zero-order valence-electron chi connectivity index (χ0n) is 15.8. The van der Waals surface area contributed by atoms with E-state index < -0.39 is 4.92 Å². The number of amides is 1. The second-order valence-electron chi connectivity index (χ2n) is 6.24. The van der Waals surface area contributed by atoms with Gasteiger partial charge in [-0.25, -0.2) is 10.1 Å². The van der Waals surface area contributed by atoms with Crippen molar-refractivity contribution < 1.29 is 9.72 Å². The Kier molecular flexibility index (Phi) is 6.03. The van der Waals surface area contributed by atoms with Gasteiger partial charge >= 0.3 is 0 Å². The van der Waals surface area contributed by atoms with Crippen molar-refractivity contribution in [3.05, 3.63) is 78.4 Å². The highest BCUT2D eigenvalue weighted by molar-refractivity contribution is 7.12. The molecule has 3 rings (SSSR count). The predicted octanol–water partition coefficient (Wildman–Crippen LogP) is 3.24. The Morgan fingerprint density at radius 1 is 1.31 bits per heavy atom. The molecule has 0 spiro atoms. The highest BCUT2D eigenvalue weighted by atomic mass is 32.1. The molecule has 0 aliphatic carbocycles. The molecule has 9 nitrogen and oxygen atoms in total. The van der Waals surface area contributed by atoms with Crippen molar-refractivity contribution in [2.24, 2.45) is 5.10 Å². The van der Waals surface area contributed by atoms with Crippen LogP contribution in [0.3, 0.4) is 0 Å². The first-order valence-corrected chi connectivity index (χ1v) is 9.77. The Bertz CT molecular complexity index is 1110. The molecule has 0 atom stereocenters. The molecule has 0 unspecified atom stereocenters. The van der Waals surface area contributed by atoms with Crippen LogP contribution < -0.4 is 11.0 Å². The molecule has 3 aromatic rings. The van der Waals surface area contributed by atoms with Crippen LogP contribution >= 0.6 is 11.3 Å². The van der Waals surface area contributed by atoms with Gasteiger partial charge in [0.25, 0.3) is 17.2 Å². The minimum absolute atomic E-state index is 0.0589. The molecule has 2 N–H and O–H groups in total. The molecule has 150 valence electrons. The fourth-order valence-electron chi connectivity index (χ4n) is 2.85. The summed E-state index contributed by atoms with van der Waals surface area (Å²) >= 11 is 1.30. The summed E-state index contributed by atoms with van der Waals surface area (Å²) in [5, 5.41) is 19.8. The third kappa shape index (κ3) is 4.32. The van der Waals surface area contributed by atoms with Gasteiger partial charge in [-0.05, 0) is 36.9 Å². The number of rotatable bonds is 7. The number of aromatic nitrogens is 2. The molecule has 10 heteroatoms. The number of nitrogens with zero attached hydrogens (tertiary/aromatic N) is 3. The van der Waals surface area contributed by atoms with Crippen LogP contribution in [-0.4, -0.2) is 26.3 Å². The Balaban J connectivity index is 1.95. The molecule has 1 amide bonds.